The van der Waals surface area contributed by atoms with Gasteiger partial charge < -0.3 is 15.3 Å². The monoisotopic (exact) mass is 250 g/mol. The second kappa shape index (κ2) is 6.89. The molecule has 18 heavy (non-hydrogen) atoms. The Morgan fingerprint density at radius 1 is 1.33 bits per heavy atom. The summed E-state index contributed by atoms with van der Waals surface area (Å²) in [5.41, 5.74) is 2.01. The minimum atomic E-state index is -0.847. The van der Waals surface area contributed by atoms with E-state index in [1.165, 1.54) is 5.69 Å². The van der Waals surface area contributed by atoms with Gasteiger partial charge in [0.2, 0.25) is 0 Å². The molecule has 1 aromatic rings. The third-order valence-corrected chi connectivity index (χ3v) is 2.86. The van der Waals surface area contributed by atoms with Crippen molar-refractivity contribution in [2.45, 2.75) is 33.2 Å². The Balaban J connectivity index is 2.70. The first-order chi connectivity index (χ1) is 8.58. The standard InChI is InChI=1S/C14H22N2O2/c1-4-10-16(5-2)13-8-6-12(7-9-13)15-11(3)14(17)18/h6-9,11,15H,4-5,10H2,1-3H3,(H,17,18). The largest absolute Gasteiger partial charge is 0.480 e. The van der Waals surface area contributed by atoms with Crippen LogP contribution in [-0.2, 0) is 4.79 Å². The molecule has 0 amide bonds. The van der Waals surface area contributed by atoms with Gasteiger partial charge in [-0.3, -0.25) is 4.79 Å². The average molecular weight is 250 g/mol. The predicted octanol–water partition coefficient (Wildman–Crippen LogP) is 2.81. The number of benzene rings is 1. The molecule has 0 aliphatic rings. The minimum Gasteiger partial charge on any atom is -0.480 e. The van der Waals surface area contributed by atoms with Gasteiger partial charge in [0, 0.05) is 24.5 Å². The molecule has 1 unspecified atom stereocenters. The highest BCUT2D eigenvalue weighted by Crippen LogP contribution is 2.18. The zero-order valence-corrected chi connectivity index (χ0v) is 11.3. The van der Waals surface area contributed by atoms with Crippen molar-refractivity contribution in [1.29, 1.82) is 0 Å². The van der Waals surface area contributed by atoms with Crippen molar-refractivity contribution in [1.82, 2.24) is 0 Å². The molecule has 0 radical (unpaired) electrons. The first kappa shape index (κ1) is 14.4. The molecule has 100 valence electrons. The fourth-order valence-corrected chi connectivity index (χ4v) is 1.82. The van der Waals surface area contributed by atoms with E-state index in [9.17, 15) is 4.79 Å². The normalized spacial score (nSPS) is 11.9. The van der Waals surface area contributed by atoms with Crippen molar-refractivity contribution in [3.8, 4) is 0 Å². The van der Waals surface area contributed by atoms with E-state index in [4.69, 9.17) is 5.11 Å². The molecule has 0 aliphatic heterocycles. The van der Waals surface area contributed by atoms with Crippen LogP contribution in [-0.4, -0.2) is 30.2 Å². The summed E-state index contributed by atoms with van der Waals surface area (Å²) in [4.78, 5) is 13.0. The topological polar surface area (TPSA) is 52.6 Å². The third-order valence-electron chi connectivity index (χ3n) is 2.86. The molecule has 0 saturated carbocycles. The van der Waals surface area contributed by atoms with Crippen LogP contribution in [0.15, 0.2) is 24.3 Å². The Morgan fingerprint density at radius 2 is 1.94 bits per heavy atom. The third kappa shape index (κ3) is 3.95. The molecule has 0 spiro atoms. The smallest absolute Gasteiger partial charge is 0.325 e. The summed E-state index contributed by atoms with van der Waals surface area (Å²) in [6.45, 7) is 7.94. The molecule has 0 aromatic heterocycles. The molecule has 0 aliphatic carbocycles. The molecule has 1 rings (SSSR count). The number of aliphatic carboxylic acids is 1. The van der Waals surface area contributed by atoms with Crippen molar-refractivity contribution in [3.05, 3.63) is 24.3 Å². The van der Waals surface area contributed by atoms with Crippen molar-refractivity contribution in [2.24, 2.45) is 0 Å². The summed E-state index contributed by atoms with van der Waals surface area (Å²) in [5.74, 6) is -0.847. The molecule has 0 heterocycles. The van der Waals surface area contributed by atoms with Crippen molar-refractivity contribution >= 4 is 17.3 Å². The molecule has 0 fully saturated rings. The van der Waals surface area contributed by atoms with E-state index in [0.29, 0.717) is 0 Å². The summed E-state index contributed by atoms with van der Waals surface area (Å²) in [5, 5.41) is 11.8. The number of nitrogens with zero attached hydrogens (tertiary/aromatic N) is 1. The van der Waals surface area contributed by atoms with Crippen LogP contribution in [0.2, 0.25) is 0 Å². The van der Waals surface area contributed by atoms with Crippen molar-refractivity contribution in [3.63, 3.8) is 0 Å². The first-order valence-electron chi connectivity index (χ1n) is 6.42. The summed E-state index contributed by atoms with van der Waals surface area (Å²) in [6, 6.07) is 7.32. The molecule has 0 saturated heterocycles. The van der Waals surface area contributed by atoms with E-state index in [-0.39, 0.29) is 0 Å². The van der Waals surface area contributed by atoms with Gasteiger partial charge in [0.05, 0.1) is 0 Å². The second-order valence-corrected chi connectivity index (χ2v) is 4.33. The van der Waals surface area contributed by atoms with Crippen LogP contribution >= 0.6 is 0 Å². The molecular weight excluding hydrogens is 228 g/mol. The predicted molar refractivity (Wildman–Crippen MR) is 75.3 cm³/mol. The van der Waals surface area contributed by atoms with Crippen molar-refractivity contribution in [2.75, 3.05) is 23.3 Å². The maximum absolute atomic E-state index is 10.7. The Bertz CT molecular complexity index is 376. The summed E-state index contributed by atoms with van der Waals surface area (Å²) in [7, 11) is 0. The van der Waals surface area contributed by atoms with Gasteiger partial charge in [-0.05, 0) is 44.5 Å². The number of hydrogen-bond acceptors (Lipinski definition) is 3. The Labute approximate surface area is 109 Å². The molecule has 4 nitrogen and oxygen atoms in total. The van der Waals surface area contributed by atoms with E-state index in [0.717, 1.165) is 25.2 Å². The van der Waals surface area contributed by atoms with Gasteiger partial charge in [0.1, 0.15) is 6.04 Å². The fourth-order valence-electron chi connectivity index (χ4n) is 1.82. The lowest BCUT2D eigenvalue weighted by molar-refractivity contribution is -0.137. The van der Waals surface area contributed by atoms with Gasteiger partial charge in [-0.15, -0.1) is 0 Å². The molecule has 1 atom stereocenters. The van der Waals surface area contributed by atoms with Gasteiger partial charge >= 0.3 is 5.97 Å². The van der Waals surface area contributed by atoms with Gasteiger partial charge in [-0.2, -0.15) is 0 Å². The zero-order valence-electron chi connectivity index (χ0n) is 11.3. The Morgan fingerprint density at radius 3 is 2.39 bits per heavy atom. The highest BCUT2D eigenvalue weighted by atomic mass is 16.4. The first-order valence-corrected chi connectivity index (χ1v) is 6.42. The van der Waals surface area contributed by atoms with Crippen molar-refractivity contribution < 1.29 is 9.90 Å². The van der Waals surface area contributed by atoms with E-state index >= 15 is 0 Å². The van der Waals surface area contributed by atoms with E-state index < -0.39 is 12.0 Å². The van der Waals surface area contributed by atoms with Crippen LogP contribution in [0, 0.1) is 0 Å². The van der Waals surface area contributed by atoms with E-state index in [2.05, 4.69) is 24.1 Å². The SMILES string of the molecule is CCCN(CC)c1ccc(NC(C)C(=O)O)cc1. The zero-order chi connectivity index (χ0) is 13.5. The van der Waals surface area contributed by atoms with Crippen LogP contribution in [0.5, 0.6) is 0 Å². The average Bonchev–Trinajstić information content (AvgIpc) is 2.37. The molecule has 2 N–H and O–H groups in total. The number of hydrogen-bond donors (Lipinski definition) is 2. The van der Waals surface area contributed by atoms with Gasteiger partial charge in [0.25, 0.3) is 0 Å². The van der Waals surface area contributed by atoms with Gasteiger partial charge in [-0.25, -0.2) is 0 Å². The Kier molecular flexibility index (Phi) is 5.49. The van der Waals surface area contributed by atoms with Gasteiger partial charge in [-0.1, -0.05) is 6.92 Å². The van der Waals surface area contributed by atoms with E-state index in [1.54, 1.807) is 6.92 Å². The van der Waals surface area contributed by atoms with Crippen LogP contribution in [0.3, 0.4) is 0 Å². The number of rotatable bonds is 7. The number of carboxylic acids is 1. The maximum atomic E-state index is 10.7. The van der Waals surface area contributed by atoms with E-state index in [1.807, 2.05) is 24.3 Å². The van der Waals surface area contributed by atoms with Crippen LogP contribution < -0.4 is 10.2 Å². The minimum absolute atomic E-state index is 0.575. The molecule has 1 aromatic carbocycles. The molecule has 0 bridgehead atoms. The number of carboxylic acid groups (broad SMARTS) is 1. The molecular formula is C14H22N2O2. The lowest BCUT2D eigenvalue weighted by atomic mass is 10.2. The number of nitrogens with one attached hydrogen (secondary N) is 1. The summed E-state index contributed by atoms with van der Waals surface area (Å²) in [6.07, 6.45) is 1.11. The summed E-state index contributed by atoms with van der Waals surface area (Å²) < 4.78 is 0. The quantitative estimate of drug-likeness (QED) is 0.781. The lowest BCUT2D eigenvalue weighted by Crippen LogP contribution is -2.25. The number of carbonyl (C=O) groups is 1. The van der Waals surface area contributed by atoms with Crippen LogP contribution in [0.25, 0.3) is 0 Å². The highest BCUT2D eigenvalue weighted by Gasteiger charge is 2.10. The van der Waals surface area contributed by atoms with Gasteiger partial charge in [0.15, 0.2) is 0 Å². The highest BCUT2D eigenvalue weighted by molar-refractivity contribution is 5.76. The Hall–Kier alpha value is -1.71. The lowest BCUT2D eigenvalue weighted by Gasteiger charge is -2.22. The van der Waals surface area contributed by atoms with Crippen LogP contribution in [0.4, 0.5) is 11.4 Å². The molecule has 4 heteroatoms. The maximum Gasteiger partial charge on any atom is 0.325 e. The van der Waals surface area contributed by atoms with Crippen LogP contribution in [0.1, 0.15) is 27.2 Å². The number of anilines is 2. The summed E-state index contributed by atoms with van der Waals surface area (Å²) >= 11 is 0. The second-order valence-electron chi connectivity index (χ2n) is 4.33. The fraction of sp³-hybridized carbons (Fsp3) is 0.500.